The Hall–Kier alpha value is -3.46. The van der Waals surface area contributed by atoms with E-state index in [4.69, 9.17) is 0 Å². The van der Waals surface area contributed by atoms with Gasteiger partial charge in [0.05, 0.1) is 18.5 Å². The highest BCUT2D eigenvalue weighted by Gasteiger charge is 2.16. The number of nitrogens with zero attached hydrogens (tertiary/aromatic N) is 4. The zero-order chi connectivity index (χ0) is 21.1. The summed E-state index contributed by atoms with van der Waals surface area (Å²) in [4.78, 5) is 29.9. The Bertz CT molecular complexity index is 1250. The fourth-order valence-electron chi connectivity index (χ4n) is 2.96. The van der Waals surface area contributed by atoms with Crippen molar-refractivity contribution in [3.63, 3.8) is 0 Å². The molecule has 0 fully saturated rings. The molecule has 1 amide bonds. The normalized spacial score (nSPS) is 11.0. The van der Waals surface area contributed by atoms with Gasteiger partial charge in [-0.25, -0.2) is 9.37 Å². The summed E-state index contributed by atoms with van der Waals surface area (Å²) in [5.41, 5.74) is 1.95. The number of carbonyl (C=O) groups is 1. The monoisotopic (exact) mass is 423 g/mol. The number of halogens is 1. The van der Waals surface area contributed by atoms with E-state index in [1.165, 1.54) is 28.8 Å². The van der Waals surface area contributed by atoms with Gasteiger partial charge >= 0.3 is 0 Å². The van der Waals surface area contributed by atoms with E-state index in [0.717, 1.165) is 17.3 Å². The van der Waals surface area contributed by atoms with Gasteiger partial charge in [0.1, 0.15) is 11.3 Å². The van der Waals surface area contributed by atoms with Crippen LogP contribution in [0.4, 0.5) is 10.1 Å². The van der Waals surface area contributed by atoms with E-state index < -0.39 is 0 Å². The summed E-state index contributed by atoms with van der Waals surface area (Å²) >= 11 is 1.16. The number of hydrogen-bond acceptors (Lipinski definition) is 5. The van der Waals surface area contributed by atoms with E-state index >= 15 is 0 Å². The van der Waals surface area contributed by atoms with Crippen LogP contribution >= 0.6 is 11.8 Å². The summed E-state index contributed by atoms with van der Waals surface area (Å²) in [6.45, 7) is 0.321. The van der Waals surface area contributed by atoms with Crippen molar-refractivity contribution in [2.45, 2.75) is 11.7 Å². The van der Waals surface area contributed by atoms with Crippen LogP contribution in [0.15, 0.2) is 70.7 Å². The summed E-state index contributed by atoms with van der Waals surface area (Å²) in [7, 11) is 1.73. The number of amides is 1. The minimum atomic E-state index is -0.374. The highest BCUT2D eigenvalue weighted by Crippen LogP contribution is 2.19. The van der Waals surface area contributed by atoms with E-state index in [9.17, 15) is 14.0 Å². The summed E-state index contributed by atoms with van der Waals surface area (Å²) in [6, 6.07) is 15.1. The van der Waals surface area contributed by atoms with Crippen LogP contribution in [0.25, 0.3) is 11.0 Å². The molecule has 1 N–H and O–H groups in total. The Morgan fingerprint density at radius 1 is 1.13 bits per heavy atom. The molecule has 30 heavy (non-hydrogen) atoms. The van der Waals surface area contributed by atoms with Crippen molar-refractivity contribution in [3.05, 3.63) is 82.5 Å². The molecule has 7 nitrogen and oxygen atoms in total. The lowest BCUT2D eigenvalue weighted by Gasteiger charge is -2.12. The molecule has 0 radical (unpaired) electrons. The summed E-state index contributed by atoms with van der Waals surface area (Å²) in [5, 5.41) is 7.35. The SMILES string of the molecule is Cn1cc2nc(SCC(=O)Nc3ccc(F)cc3)n(Cc3ccccc3)c(=O)c2n1. The molecular formula is C21H18FN5O2S. The van der Waals surface area contributed by atoms with Gasteiger partial charge in [0.2, 0.25) is 5.91 Å². The third-order valence-electron chi connectivity index (χ3n) is 4.35. The fraction of sp³-hybridized carbons (Fsp3) is 0.143. The first-order chi connectivity index (χ1) is 14.5. The maximum absolute atomic E-state index is 13.0. The molecule has 0 aliphatic carbocycles. The predicted molar refractivity (Wildman–Crippen MR) is 114 cm³/mol. The highest BCUT2D eigenvalue weighted by molar-refractivity contribution is 7.99. The zero-order valence-corrected chi connectivity index (χ0v) is 16.9. The van der Waals surface area contributed by atoms with E-state index in [1.807, 2.05) is 30.3 Å². The molecule has 2 aromatic carbocycles. The second-order valence-electron chi connectivity index (χ2n) is 6.65. The van der Waals surface area contributed by atoms with Gasteiger partial charge in [0, 0.05) is 12.7 Å². The molecule has 0 saturated carbocycles. The third-order valence-corrected chi connectivity index (χ3v) is 5.32. The number of thioether (sulfide) groups is 1. The summed E-state index contributed by atoms with van der Waals surface area (Å²) in [6.07, 6.45) is 1.67. The number of aryl methyl sites for hydroxylation is 1. The number of rotatable bonds is 6. The Balaban J connectivity index is 1.59. The van der Waals surface area contributed by atoms with Crippen LogP contribution in [-0.4, -0.2) is 31.0 Å². The van der Waals surface area contributed by atoms with Gasteiger partial charge in [0.15, 0.2) is 10.7 Å². The Morgan fingerprint density at radius 2 is 1.87 bits per heavy atom. The number of nitrogens with one attached hydrogen (secondary N) is 1. The van der Waals surface area contributed by atoms with Crippen LogP contribution in [-0.2, 0) is 18.4 Å². The quantitative estimate of drug-likeness (QED) is 0.381. The molecule has 0 aliphatic rings. The Morgan fingerprint density at radius 3 is 2.60 bits per heavy atom. The summed E-state index contributed by atoms with van der Waals surface area (Å²) in [5.74, 6) is -0.607. The average Bonchev–Trinajstić information content (AvgIpc) is 3.12. The van der Waals surface area contributed by atoms with Crippen LogP contribution in [0.2, 0.25) is 0 Å². The zero-order valence-electron chi connectivity index (χ0n) is 16.1. The van der Waals surface area contributed by atoms with Gasteiger partial charge in [-0.2, -0.15) is 5.10 Å². The van der Waals surface area contributed by atoms with Crippen molar-refractivity contribution < 1.29 is 9.18 Å². The summed E-state index contributed by atoms with van der Waals surface area (Å²) < 4.78 is 16.1. The lowest BCUT2D eigenvalue weighted by Crippen LogP contribution is -2.25. The first-order valence-electron chi connectivity index (χ1n) is 9.16. The van der Waals surface area contributed by atoms with Crippen LogP contribution in [0.3, 0.4) is 0 Å². The van der Waals surface area contributed by atoms with Crippen LogP contribution < -0.4 is 10.9 Å². The van der Waals surface area contributed by atoms with Gasteiger partial charge in [0.25, 0.3) is 5.56 Å². The number of carbonyl (C=O) groups excluding carboxylic acids is 1. The van der Waals surface area contributed by atoms with E-state index in [2.05, 4.69) is 15.4 Å². The molecule has 4 aromatic rings. The average molecular weight is 423 g/mol. The molecule has 2 heterocycles. The van der Waals surface area contributed by atoms with Gasteiger partial charge in [-0.1, -0.05) is 42.1 Å². The van der Waals surface area contributed by atoms with Crippen molar-refractivity contribution in [1.29, 1.82) is 0 Å². The van der Waals surface area contributed by atoms with Crippen molar-refractivity contribution in [2.75, 3.05) is 11.1 Å². The molecule has 0 aliphatic heterocycles. The fourth-order valence-corrected chi connectivity index (χ4v) is 3.76. The van der Waals surface area contributed by atoms with Gasteiger partial charge in [-0.15, -0.1) is 0 Å². The molecule has 0 atom stereocenters. The van der Waals surface area contributed by atoms with E-state index in [0.29, 0.717) is 22.9 Å². The second-order valence-corrected chi connectivity index (χ2v) is 7.59. The molecule has 0 bridgehead atoms. The third kappa shape index (κ3) is 4.41. The van der Waals surface area contributed by atoms with E-state index in [1.54, 1.807) is 17.9 Å². The molecular weight excluding hydrogens is 405 g/mol. The number of aromatic nitrogens is 4. The van der Waals surface area contributed by atoms with Crippen molar-refractivity contribution in [1.82, 2.24) is 19.3 Å². The van der Waals surface area contributed by atoms with Crippen molar-refractivity contribution in [2.24, 2.45) is 7.05 Å². The minimum Gasteiger partial charge on any atom is -0.325 e. The van der Waals surface area contributed by atoms with Crippen molar-refractivity contribution in [3.8, 4) is 0 Å². The molecule has 2 aromatic heterocycles. The number of benzene rings is 2. The van der Waals surface area contributed by atoms with Crippen molar-refractivity contribution >= 4 is 34.4 Å². The van der Waals surface area contributed by atoms with E-state index in [-0.39, 0.29) is 28.6 Å². The molecule has 0 saturated heterocycles. The van der Waals surface area contributed by atoms with Gasteiger partial charge in [-0.05, 0) is 29.8 Å². The Labute approximate surface area is 175 Å². The maximum Gasteiger partial charge on any atom is 0.282 e. The maximum atomic E-state index is 13.0. The topological polar surface area (TPSA) is 81.8 Å². The smallest absolute Gasteiger partial charge is 0.282 e. The molecule has 4 rings (SSSR count). The largest absolute Gasteiger partial charge is 0.325 e. The van der Waals surface area contributed by atoms with Gasteiger partial charge in [-0.3, -0.25) is 18.8 Å². The van der Waals surface area contributed by atoms with Crippen LogP contribution in [0.1, 0.15) is 5.56 Å². The number of anilines is 1. The van der Waals surface area contributed by atoms with Crippen LogP contribution in [0.5, 0.6) is 0 Å². The minimum absolute atomic E-state index is 0.0460. The first kappa shape index (κ1) is 19.8. The first-order valence-corrected chi connectivity index (χ1v) is 10.1. The number of hydrogen-bond donors (Lipinski definition) is 1. The lowest BCUT2D eigenvalue weighted by molar-refractivity contribution is -0.113. The molecule has 0 unspecified atom stereocenters. The molecule has 0 spiro atoms. The number of fused-ring (bicyclic) bond motifs is 1. The second kappa shape index (κ2) is 8.50. The van der Waals surface area contributed by atoms with Crippen LogP contribution in [0, 0.1) is 5.82 Å². The standard InChI is InChI=1S/C21H18FN5O2S/c1-26-12-17-19(25-26)20(29)27(11-14-5-3-2-4-6-14)21(24-17)30-13-18(28)23-16-9-7-15(22)8-10-16/h2-10,12H,11,13H2,1H3,(H,23,28). The van der Waals surface area contributed by atoms with Gasteiger partial charge < -0.3 is 5.32 Å². The lowest BCUT2D eigenvalue weighted by atomic mass is 10.2. The molecule has 152 valence electrons. The highest BCUT2D eigenvalue weighted by atomic mass is 32.2. The Kier molecular flexibility index (Phi) is 5.62. The molecule has 9 heteroatoms. The predicted octanol–water partition coefficient (Wildman–Crippen LogP) is 3.05.